The Balaban J connectivity index is 1.33. The summed E-state index contributed by atoms with van der Waals surface area (Å²) in [6.45, 7) is 2.86. The number of aliphatic hydroxyl groups is 2. The van der Waals surface area contributed by atoms with Gasteiger partial charge in [0, 0.05) is 24.0 Å². The summed E-state index contributed by atoms with van der Waals surface area (Å²) in [5.41, 5.74) is 0.414. The van der Waals surface area contributed by atoms with Gasteiger partial charge >= 0.3 is 5.79 Å². The zero-order valence-electron chi connectivity index (χ0n) is 28.7. The molecular formula is C35H49Br4N3O8. The first kappa shape index (κ1) is 42.8. The quantitative estimate of drug-likeness (QED) is 0.0850. The molecule has 0 bridgehead atoms. The molecule has 2 amide bonds. The third kappa shape index (κ3) is 13.1. The Bertz CT molecular complexity index is 1350. The Morgan fingerprint density at radius 1 is 0.980 bits per heavy atom. The molecule has 1 spiro atoms. The average Bonchev–Trinajstić information content (AvgIpc) is 3.34. The molecule has 1 aromatic carbocycles. The van der Waals surface area contributed by atoms with Gasteiger partial charge in [-0.1, -0.05) is 92.2 Å². The van der Waals surface area contributed by atoms with Crippen LogP contribution in [0.25, 0.3) is 0 Å². The summed E-state index contributed by atoms with van der Waals surface area (Å²) in [6.07, 6.45) is 13.5. The third-order valence-corrected chi connectivity index (χ3v) is 10.8. The molecule has 50 heavy (non-hydrogen) atoms. The number of nitrogens with one attached hydrogen (secondary N) is 2. The Labute approximate surface area is 328 Å². The van der Waals surface area contributed by atoms with Crippen LogP contribution in [0.5, 0.6) is 5.75 Å². The standard InChI is InChI=1S/C35H49Br4N3O8/c1-3-4-5-6-7-8-9-10-11-12-13-15-29(44)41-21-28(43)23-18-24(36)32(25(37)19-23)48-17-14-16-40-34(46)30-33(45)35(50-42-30)20-26(38)31(47-2)27(39)22-49-35/h18-19,22,28,33,43,45H,3-17,20-21H2,1-2H3,(H,40,46)(H,41,44)/t28?,33-,35-/m0/s1. The molecule has 1 aromatic rings. The lowest BCUT2D eigenvalue weighted by atomic mass is 10.0. The number of methoxy groups -OCH3 is 1. The van der Waals surface area contributed by atoms with Crippen LogP contribution in [-0.4, -0.2) is 66.4 Å². The molecule has 0 radical (unpaired) electrons. The fourth-order valence-electron chi connectivity index (χ4n) is 5.51. The van der Waals surface area contributed by atoms with Gasteiger partial charge in [0.25, 0.3) is 5.91 Å². The van der Waals surface area contributed by atoms with Crippen LogP contribution < -0.4 is 15.4 Å². The lowest BCUT2D eigenvalue weighted by molar-refractivity contribution is -0.225. The van der Waals surface area contributed by atoms with E-state index in [-0.39, 0.29) is 37.7 Å². The van der Waals surface area contributed by atoms with E-state index in [1.165, 1.54) is 64.7 Å². The maximum atomic E-state index is 12.8. The number of benzene rings is 1. The van der Waals surface area contributed by atoms with Crippen LogP contribution in [-0.2, 0) is 23.9 Å². The van der Waals surface area contributed by atoms with Crippen molar-refractivity contribution in [2.45, 2.75) is 115 Å². The van der Waals surface area contributed by atoms with Gasteiger partial charge in [-0.25, -0.2) is 0 Å². The van der Waals surface area contributed by atoms with Crippen molar-refractivity contribution < 1.29 is 38.9 Å². The number of amides is 2. The molecule has 0 aromatic heterocycles. The summed E-state index contributed by atoms with van der Waals surface area (Å²) in [5, 5.41) is 31.0. The van der Waals surface area contributed by atoms with E-state index in [1.54, 1.807) is 12.1 Å². The molecule has 2 aliphatic heterocycles. The number of hydrogen-bond donors (Lipinski definition) is 4. The summed E-state index contributed by atoms with van der Waals surface area (Å²) in [6, 6.07) is 3.51. The number of carbonyl (C=O) groups excluding carboxylic acids is 2. The Hall–Kier alpha value is -1.65. The summed E-state index contributed by atoms with van der Waals surface area (Å²) in [7, 11) is 1.50. The van der Waals surface area contributed by atoms with Crippen LogP contribution in [0.1, 0.15) is 108 Å². The van der Waals surface area contributed by atoms with E-state index < -0.39 is 23.9 Å². The Morgan fingerprint density at radius 2 is 1.60 bits per heavy atom. The highest BCUT2D eigenvalue weighted by atomic mass is 79.9. The predicted molar refractivity (Wildman–Crippen MR) is 207 cm³/mol. The van der Waals surface area contributed by atoms with Crippen LogP contribution >= 0.6 is 63.7 Å². The first-order valence-electron chi connectivity index (χ1n) is 17.3. The predicted octanol–water partition coefficient (Wildman–Crippen LogP) is 8.30. The summed E-state index contributed by atoms with van der Waals surface area (Å²) in [4.78, 5) is 30.6. The largest absolute Gasteiger partial charge is 0.495 e. The number of rotatable bonds is 22. The number of oxime groups is 1. The SMILES string of the molecule is CCCCCCCCCCCCCC(=O)NCC(O)c1cc(Br)c(OCCCNC(=O)C2=NO[C@@]3(CC(Br)=C(OC)C(Br)=CO3)[C@H]2O)c(Br)c1. The smallest absolute Gasteiger partial charge is 0.311 e. The Kier molecular flexibility index (Phi) is 19.2. The van der Waals surface area contributed by atoms with Crippen molar-refractivity contribution in [1.29, 1.82) is 0 Å². The highest BCUT2D eigenvalue weighted by molar-refractivity contribution is 9.12. The maximum absolute atomic E-state index is 12.8. The Morgan fingerprint density at radius 3 is 2.22 bits per heavy atom. The lowest BCUT2D eigenvalue weighted by Crippen LogP contribution is -2.49. The molecule has 3 rings (SSSR count). The number of unbranched alkanes of at least 4 members (excludes halogenated alkanes) is 10. The molecule has 0 aliphatic carbocycles. The number of hydrogen-bond acceptors (Lipinski definition) is 9. The monoisotopic (exact) mass is 955 g/mol. The number of ether oxygens (including phenoxy) is 3. The molecule has 0 saturated carbocycles. The molecule has 3 atom stereocenters. The van der Waals surface area contributed by atoms with Crippen molar-refractivity contribution in [1.82, 2.24) is 10.6 Å². The molecule has 0 saturated heterocycles. The van der Waals surface area contributed by atoms with E-state index >= 15 is 0 Å². The van der Waals surface area contributed by atoms with Gasteiger partial charge in [0.1, 0.15) is 17.8 Å². The lowest BCUT2D eigenvalue weighted by Gasteiger charge is -2.27. The molecule has 0 fully saturated rings. The molecule has 11 nitrogen and oxygen atoms in total. The molecule has 2 aliphatic rings. The van der Waals surface area contributed by atoms with Crippen molar-refractivity contribution in [3.8, 4) is 5.75 Å². The van der Waals surface area contributed by atoms with E-state index in [0.717, 1.165) is 19.3 Å². The summed E-state index contributed by atoms with van der Waals surface area (Å²) in [5.74, 6) is -1.26. The molecular weight excluding hydrogens is 910 g/mol. The number of aliphatic hydroxyl groups excluding tert-OH is 2. The van der Waals surface area contributed by atoms with Crippen molar-refractivity contribution in [3.05, 3.63) is 47.6 Å². The fraction of sp³-hybridized carbons (Fsp3) is 0.629. The van der Waals surface area contributed by atoms with Gasteiger partial charge in [0.15, 0.2) is 11.8 Å². The van der Waals surface area contributed by atoms with Gasteiger partial charge in [0.05, 0.1) is 39.7 Å². The normalized spacial score (nSPS) is 19.2. The highest BCUT2D eigenvalue weighted by Crippen LogP contribution is 2.41. The molecule has 2 heterocycles. The highest BCUT2D eigenvalue weighted by Gasteiger charge is 2.54. The minimum Gasteiger partial charge on any atom is -0.495 e. The second kappa shape index (κ2) is 22.4. The molecule has 1 unspecified atom stereocenters. The number of halogens is 4. The zero-order chi connectivity index (χ0) is 36.5. The second-order valence-corrected chi connectivity index (χ2v) is 15.9. The van der Waals surface area contributed by atoms with Gasteiger partial charge in [0.2, 0.25) is 5.91 Å². The van der Waals surface area contributed by atoms with E-state index in [4.69, 9.17) is 19.0 Å². The first-order valence-corrected chi connectivity index (χ1v) is 20.5. The first-order chi connectivity index (χ1) is 24.0. The number of carbonyl (C=O) groups is 2. The third-order valence-electron chi connectivity index (χ3n) is 8.40. The van der Waals surface area contributed by atoms with Crippen LogP contribution in [0.2, 0.25) is 0 Å². The molecule has 280 valence electrons. The molecule has 15 heteroatoms. The van der Waals surface area contributed by atoms with Crippen LogP contribution in [0, 0.1) is 0 Å². The minimum atomic E-state index is -1.62. The average molecular weight is 959 g/mol. The van der Waals surface area contributed by atoms with E-state index in [1.807, 2.05) is 0 Å². The van der Waals surface area contributed by atoms with Gasteiger partial charge in [-0.3, -0.25) is 9.59 Å². The van der Waals surface area contributed by atoms with Crippen molar-refractivity contribution in [2.24, 2.45) is 5.16 Å². The summed E-state index contributed by atoms with van der Waals surface area (Å²) < 4.78 is 19.2. The zero-order valence-corrected chi connectivity index (χ0v) is 35.1. The van der Waals surface area contributed by atoms with Gasteiger partial charge in [-0.05, 0) is 78.3 Å². The fourth-order valence-corrected chi connectivity index (χ4v) is 8.49. The molecule has 4 N–H and O–H groups in total. The van der Waals surface area contributed by atoms with Gasteiger partial charge in [-0.15, -0.1) is 0 Å². The van der Waals surface area contributed by atoms with Crippen LogP contribution in [0.4, 0.5) is 0 Å². The van der Waals surface area contributed by atoms with Gasteiger partial charge in [-0.2, -0.15) is 0 Å². The van der Waals surface area contributed by atoms with E-state index in [0.29, 0.717) is 47.8 Å². The summed E-state index contributed by atoms with van der Waals surface area (Å²) >= 11 is 13.8. The number of nitrogens with zero attached hydrogens (tertiary/aromatic N) is 1. The van der Waals surface area contributed by atoms with Crippen molar-refractivity contribution >= 4 is 81.2 Å². The van der Waals surface area contributed by atoms with Crippen LogP contribution in [0.3, 0.4) is 0 Å². The minimum absolute atomic E-state index is 0.0464. The van der Waals surface area contributed by atoms with Crippen molar-refractivity contribution in [2.75, 3.05) is 26.8 Å². The number of allylic oxidation sites excluding steroid dienone is 1. The second-order valence-electron chi connectivity index (χ2n) is 12.4. The topological polar surface area (TPSA) is 148 Å². The maximum Gasteiger partial charge on any atom is 0.311 e. The van der Waals surface area contributed by atoms with Crippen molar-refractivity contribution in [3.63, 3.8) is 0 Å². The van der Waals surface area contributed by atoms with E-state index in [2.05, 4.69) is 86.4 Å². The van der Waals surface area contributed by atoms with E-state index in [9.17, 15) is 19.8 Å². The van der Waals surface area contributed by atoms with Crippen LogP contribution in [0.15, 0.2) is 47.2 Å². The van der Waals surface area contributed by atoms with Gasteiger partial charge < -0.3 is 39.9 Å².